The molecule has 100 valence electrons. The Morgan fingerprint density at radius 3 is 2.53 bits per heavy atom. The second-order valence-corrected chi connectivity index (χ2v) is 5.57. The Morgan fingerprint density at radius 2 is 1.89 bits per heavy atom. The largest absolute Gasteiger partial charge is 0.368 e. The first kappa shape index (κ1) is 14.5. The number of benzene rings is 2. The van der Waals surface area contributed by atoms with Gasteiger partial charge >= 0.3 is 0 Å². The van der Waals surface area contributed by atoms with Crippen LogP contribution in [0.1, 0.15) is 17.2 Å². The zero-order chi connectivity index (χ0) is 13.7. The van der Waals surface area contributed by atoms with Crippen LogP contribution in [0, 0.1) is 0 Å². The van der Waals surface area contributed by atoms with E-state index in [0.29, 0.717) is 18.2 Å². The molecular weight excluding hydrogens is 326 g/mol. The molecule has 4 heteroatoms. The first-order valence-corrected chi connectivity index (χ1v) is 7.17. The molecule has 0 radical (unpaired) electrons. The molecule has 0 saturated heterocycles. The van der Waals surface area contributed by atoms with E-state index in [4.69, 9.17) is 22.1 Å². The van der Waals surface area contributed by atoms with Gasteiger partial charge in [0, 0.05) is 16.0 Å². The van der Waals surface area contributed by atoms with Gasteiger partial charge in [-0.05, 0) is 35.4 Å². The molecule has 2 nitrogen and oxygen atoms in total. The number of rotatable bonds is 5. The summed E-state index contributed by atoms with van der Waals surface area (Å²) in [5.41, 5.74) is 7.89. The van der Waals surface area contributed by atoms with Gasteiger partial charge in [0.05, 0.1) is 12.7 Å². The highest BCUT2D eigenvalue weighted by Crippen LogP contribution is 2.21. The first-order chi connectivity index (χ1) is 9.19. The van der Waals surface area contributed by atoms with Gasteiger partial charge in [0.2, 0.25) is 0 Å². The Labute approximate surface area is 126 Å². The van der Waals surface area contributed by atoms with Crippen LogP contribution >= 0.6 is 27.5 Å². The van der Waals surface area contributed by atoms with Gasteiger partial charge < -0.3 is 10.5 Å². The summed E-state index contributed by atoms with van der Waals surface area (Å²) < 4.78 is 6.92. The van der Waals surface area contributed by atoms with Crippen molar-refractivity contribution >= 4 is 27.5 Å². The molecule has 0 bridgehead atoms. The zero-order valence-corrected chi connectivity index (χ0v) is 12.7. The van der Waals surface area contributed by atoms with Crippen LogP contribution in [0.3, 0.4) is 0 Å². The van der Waals surface area contributed by atoms with Gasteiger partial charge in [0.1, 0.15) is 0 Å². The minimum atomic E-state index is -0.137. The van der Waals surface area contributed by atoms with E-state index in [9.17, 15) is 0 Å². The van der Waals surface area contributed by atoms with Gasteiger partial charge in [0.25, 0.3) is 0 Å². The summed E-state index contributed by atoms with van der Waals surface area (Å²) in [7, 11) is 0. The molecule has 1 unspecified atom stereocenters. The lowest BCUT2D eigenvalue weighted by molar-refractivity contribution is 0.0456. The molecule has 0 aliphatic rings. The second kappa shape index (κ2) is 7.06. The van der Waals surface area contributed by atoms with Crippen molar-refractivity contribution in [3.63, 3.8) is 0 Å². The molecule has 0 saturated carbocycles. The fraction of sp³-hybridized carbons (Fsp3) is 0.200. The third-order valence-corrected chi connectivity index (χ3v) is 3.56. The quantitative estimate of drug-likeness (QED) is 0.880. The van der Waals surface area contributed by atoms with Gasteiger partial charge in [-0.1, -0.05) is 51.8 Å². The Morgan fingerprint density at radius 1 is 1.16 bits per heavy atom. The summed E-state index contributed by atoms with van der Waals surface area (Å²) in [6, 6.07) is 15.7. The summed E-state index contributed by atoms with van der Waals surface area (Å²) in [4.78, 5) is 0. The molecule has 0 aliphatic heterocycles. The van der Waals surface area contributed by atoms with Crippen LogP contribution in [0.15, 0.2) is 53.0 Å². The molecule has 1 atom stereocenters. The van der Waals surface area contributed by atoms with Crippen LogP contribution in [0.2, 0.25) is 5.02 Å². The Balaban J connectivity index is 2.01. The predicted octanol–water partition coefficient (Wildman–Crippen LogP) is 4.32. The van der Waals surface area contributed by atoms with Crippen molar-refractivity contribution < 1.29 is 4.74 Å². The van der Waals surface area contributed by atoms with Crippen LogP contribution in [0.5, 0.6) is 0 Å². The van der Waals surface area contributed by atoms with E-state index in [2.05, 4.69) is 15.9 Å². The van der Waals surface area contributed by atoms with Gasteiger partial charge in [0.15, 0.2) is 0 Å². The monoisotopic (exact) mass is 339 g/mol. The maximum atomic E-state index is 5.98. The molecule has 0 heterocycles. The Hall–Kier alpha value is -0.870. The van der Waals surface area contributed by atoms with E-state index in [1.165, 1.54) is 0 Å². The van der Waals surface area contributed by atoms with Crippen LogP contribution in [-0.2, 0) is 11.3 Å². The number of halogens is 2. The van der Waals surface area contributed by atoms with Crippen molar-refractivity contribution in [2.24, 2.45) is 5.73 Å². The summed E-state index contributed by atoms with van der Waals surface area (Å²) in [5, 5.41) is 0.697. The maximum Gasteiger partial charge on any atom is 0.0952 e. The van der Waals surface area contributed by atoms with Crippen molar-refractivity contribution in [1.82, 2.24) is 0 Å². The molecule has 2 aromatic rings. The standard InChI is InChI=1S/C15H15BrClNO/c16-13-6-4-11(5-7-13)10-19-15(9-18)12-2-1-3-14(17)8-12/h1-8,15H,9-10,18H2. The van der Waals surface area contributed by atoms with Crippen molar-refractivity contribution in [1.29, 1.82) is 0 Å². The maximum absolute atomic E-state index is 5.98. The average Bonchev–Trinajstić information content (AvgIpc) is 2.42. The van der Waals surface area contributed by atoms with Gasteiger partial charge in [-0.2, -0.15) is 0 Å². The molecule has 0 aliphatic carbocycles. The number of hydrogen-bond acceptors (Lipinski definition) is 2. The highest BCUT2D eigenvalue weighted by molar-refractivity contribution is 9.10. The molecule has 0 fully saturated rings. The van der Waals surface area contributed by atoms with Crippen LogP contribution in [-0.4, -0.2) is 6.54 Å². The van der Waals surface area contributed by atoms with Crippen LogP contribution in [0.25, 0.3) is 0 Å². The molecule has 2 aromatic carbocycles. The van der Waals surface area contributed by atoms with Crippen molar-refractivity contribution in [2.75, 3.05) is 6.54 Å². The lowest BCUT2D eigenvalue weighted by Gasteiger charge is -2.16. The summed E-state index contributed by atoms with van der Waals surface area (Å²) in [6.45, 7) is 0.957. The molecule has 2 N–H and O–H groups in total. The fourth-order valence-corrected chi connectivity index (χ4v) is 2.25. The Bertz CT molecular complexity index is 530. The SMILES string of the molecule is NCC(OCc1ccc(Br)cc1)c1cccc(Cl)c1. The van der Waals surface area contributed by atoms with E-state index in [1.54, 1.807) is 0 Å². The van der Waals surface area contributed by atoms with E-state index < -0.39 is 0 Å². The molecule has 19 heavy (non-hydrogen) atoms. The van der Waals surface area contributed by atoms with Crippen molar-refractivity contribution in [2.45, 2.75) is 12.7 Å². The lowest BCUT2D eigenvalue weighted by Crippen LogP contribution is -2.15. The predicted molar refractivity (Wildman–Crippen MR) is 82.2 cm³/mol. The van der Waals surface area contributed by atoms with Crippen LogP contribution in [0.4, 0.5) is 0 Å². The van der Waals surface area contributed by atoms with E-state index >= 15 is 0 Å². The van der Waals surface area contributed by atoms with Crippen molar-refractivity contribution in [3.8, 4) is 0 Å². The molecular formula is C15H15BrClNO. The second-order valence-electron chi connectivity index (χ2n) is 4.22. The highest BCUT2D eigenvalue weighted by atomic mass is 79.9. The molecule has 2 rings (SSSR count). The van der Waals surface area contributed by atoms with Crippen molar-refractivity contribution in [3.05, 3.63) is 69.2 Å². The Kier molecular flexibility index (Phi) is 5.40. The fourth-order valence-electron chi connectivity index (χ4n) is 1.78. The molecule has 0 amide bonds. The van der Waals surface area contributed by atoms with E-state index in [1.807, 2.05) is 48.5 Å². The zero-order valence-electron chi connectivity index (χ0n) is 10.4. The number of ether oxygens (including phenoxy) is 1. The van der Waals surface area contributed by atoms with E-state index in [0.717, 1.165) is 15.6 Å². The number of hydrogen-bond donors (Lipinski definition) is 1. The summed E-state index contributed by atoms with van der Waals surface area (Å²) in [6.07, 6.45) is -0.137. The third kappa shape index (κ3) is 4.32. The smallest absolute Gasteiger partial charge is 0.0952 e. The van der Waals surface area contributed by atoms with Crippen LogP contribution < -0.4 is 5.73 Å². The average molecular weight is 341 g/mol. The normalized spacial score (nSPS) is 12.4. The third-order valence-electron chi connectivity index (χ3n) is 2.80. The first-order valence-electron chi connectivity index (χ1n) is 6.00. The summed E-state index contributed by atoms with van der Waals surface area (Å²) >= 11 is 9.39. The van der Waals surface area contributed by atoms with Gasteiger partial charge in [-0.25, -0.2) is 0 Å². The topological polar surface area (TPSA) is 35.2 Å². The lowest BCUT2D eigenvalue weighted by atomic mass is 10.1. The molecule has 0 spiro atoms. The summed E-state index contributed by atoms with van der Waals surface area (Å²) in [5.74, 6) is 0. The minimum Gasteiger partial charge on any atom is -0.368 e. The van der Waals surface area contributed by atoms with Gasteiger partial charge in [-0.3, -0.25) is 0 Å². The van der Waals surface area contributed by atoms with E-state index in [-0.39, 0.29) is 6.10 Å². The molecule has 0 aromatic heterocycles. The van der Waals surface area contributed by atoms with Gasteiger partial charge in [-0.15, -0.1) is 0 Å². The minimum absolute atomic E-state index is 0.137. The number of nitrogens with two attached hydrogens (primary N) is 1. The highest BCUT2D eigenvalue weighted by Gasteiger charge is 2.10.